The molecule has 1 aromatic carbocycles. The van der Waals surface area contributed by atoms with E-state index in [-0.39, 0.29) is 12.5 Å². The second-order valence-corrected chi connectivity index (χ2v) is 5.15. The van der Waals surface area contributed by atoms with Crippen molar-refractivity contribution in [2.45, 2.75) is 6.54 Å². The van der Waals surface area contributed by atoms with Gasteiger partial charge in [0.05, 0.1) is 13.2 Å². The topological polar surface area (TPSA) is 42.0 Å². The Morgan fingerprint density at radius 1 is 1.10 bits per heavy atom. The summed E-state index contributed by atoms with van der Waals surface area (Å²) in [6.45, 7) is 3.18. The van der Waals surface area contributed by atoms with Crippen molar-refractivity contribution in [2.24, 2.45) is 0 Å². The van der Waals surface area contributed by atoms with Gasteiger partial charge in [-0.2, -0.15) is 0 Å². The standard InChI is InChI=1S/C16H26N2O3/c1-17(2)9-10-18(13-15-7-5-4-6-8-15)16(19)14-21-12-11-20-3/h4-8H,9-14H2,1-3H3. The van der Waals surface area contributed by atoms with E-state index < -0.39 is 0 Å². The molecule has 0 aromatic heterocycles. The summed E-state index contributed by atoms with van der Waals surface area (Å²) in [4.78, 5) is 16.2. The molecule has 118 valence electrons. The quantitative estimate of drug-likeness (QED) is 0.609. The van der Waals surface area contributed by atoms with E-state index >= 15 is 0 Å². The molecule has 0 aliphatic carbocycles. The Morgan fingerprint density at radius 2 is 1.81 bits per heavy atom. The predicted octanol–water partition coefficient (Wildman–Crippen LogP) is 1.24. The zero-order valence-electron chi connectivity index (χ0n) is 13.2. The highest BCUT2D eigenvalue weighted by Gasteiger charge is 2.14. The molecule has 0 saturated carbocycles. The number of likely N-dealkylation sites (N-methyl/N-ethyl adjacent to an activating group) is 1. The number of hydrogen-bond acceptors (Lipinski definition) is 4. The Bertz CT molecular complexity index is 396. The molecular weight excluding hydrogens is 268 g/mol. The molecule has 1 rings (SSSR count). The monoisotopic (exact) mass is 294 g/mol. The number of nitrogens with zero attached hydrogens (tertiary/aromatic N) is 2. The molecule has 0 spiro atoms. The fourth-order valence-corrected chi connectivity index (χ4v) is 1.81. The van der Waals surface area contributed by atoms with Gasteiger partial charge in [0.15, 0.2) is 0 Å². The third-order valence-corrected chi connectivity index (χ3v) is 3.04. The Hall–Kier alpha value is -1.43. The van der Waals surface area contributed by atoms with E-state index in [1.807, 2.05) is 49.3 Å². The van der Waals surface area contributed by atoms with Crippen LogP contribution in [-0.4, -0.2) is 69.8 Å². The van der Waals surface area contributed by atoms with E-state index in [0.29, 0.717) is 26.3 Å². The summed E-state index contributed by atoms with van der Waals surface area (Å²) in [7, 11) is 5.62. The smallest absolute Gasteiger partial charge is 0.248 e. The van der Waals surface area contributed by atoms with Crippen LogP contribution in [0.2, 0.25) is 0 Å². The van der Waals surface area contributed by atoms with Crippen LogP contribution in [0.1, 0.15) is 5.56 Å². The van der Waals surface area contributed by atoms with Gasteiger partial charge in [0.1, 0.15) is 6.61 Å². The fraction of sp³-hybridized carbons (Fsp3) is 0.562. The van der Waals surface area contributed by atoms with Crippen LogP contribution >= 0.6 is 0 Å². The molecule has 0 aliphatic heterocycles. The van der Waals surface area contributed by atoms with Gasteiger partial charge in [-0.05, 0) is 19.7 Å². The van der Waals surface area contributed by atoms with Crippen LogP contribution in [0, 0.1) is 0 Å². The van der Waals surface area contributed by atoms with Gasteiger partial charge in [0.25, 0.3) is 0 Å². The zero-order valence-corrected chi connectivity index (χ0v) is 13.2. The van der Waals surface area contributed by atoms with Crippen LogP contribution < -0.4 is 0 Å². The Kier molecular flexibility index (Phi) is 8.66. The van der Waals surface area contributed by atoms with Crippen molar-refractivity contribution in [1.82, 2.24) is 9.80 Å². The van der Waals surface area contributed by atoms with Gasteiger partial charge in [0, 0.05) is 26.7 Å². The first-order valence-corrected chi connectivity index (χ1v) is 7.16. The minimum absolute atomic E-state index is 0.0109. The van der Waals surface area contributed by atoms with E-state index in [1.165, 1.54) is 0 Å². The van der Waals surface area contributed by atoms with Crippen LogP contribution in [-0.2, 0) is 20.8 Å². The Morgan fingerprint density at radius 3 is 2.43 bits per heavy atom. The minimum atomic E-state index is 0.0109. The molecule has 1 aromatic rings. The van der Waals surface area contributed by atoms with E-state index in [0.717, 1.165) is 12.1 Å². The normalized spacial score (nSPS) is 10.9. The van der Waals surface area contributed by atoms with Gasteiger partial charge < -0.3 is 19.3 Å². The van der Waals surface area contributed by atoms with E-state index in [9.17, 15) is 4.79 Å². The van der Waals surface area contributed by atoms with Gasteiger partial charge in [0.2, 0.25) is 5.91 Å². The number of amides is 1. The highest BCUT2D eigenvalue weighted by molar-refractivity contribution is 5.77. The van der Waals surface area contributed by atoms with Gasteiger partial charge in [-0.3, -0.25) is 4.79 Å². The first kappa shape index (κ1) is 17.6. The molecule has 21 heavy (non-hydrogen) atoms. The van der Waals surface area contributed by atoms with E-state index in [1.54, 1.807) is 7.11 Å². The first-order valence-electron chi connectivity index (χ1n) is 7.16. The van der Waals surface area contributed by atoms with Crippen molar-refractivity contribution < 1.29 is 14.3 Å². The SMILES string of the molecule is COCCOCC(=O)N(CCN(C)C)Cc1ccccc1. The molecule has 0 fully saturated rings. The molecule has 0 N–H and O–H groups in total. The lowest BCUT2D eigenvalue weighted by Gasteiger charge is -2.24. The summed E-state index contributed by atoms with van der Waals surface area (Å²) in [5, 5.41) is 0. The summed E-state index contributed by atoms with van der Waals surface area (Å²) >= 11 is 0. The lowest BCUT2D eigenvalue weighted by Crippen LogP contribution is -2.38. The predicted molar refractivity (Wildman–Crippen MR) is 83.1 cm³/mol. The third kappa shape index (κ3) is 7.80. The zero-order chi connectivity index (χ0) is 15.5. The van der Waals surface area contributed by atoms with Crippen LogP contribution in [0.4, 0.5) is 0 Å². The maximum Gasteiger partial charge on any atom is 0.248 e. The summed E-state index contributed by atoms with van der Waals surface area (Å²) < 4.78 is 10.2. The van der Waals surface area contributed by atoms with Gasteiger partial charge >= 0.3 is 0 Å². The molecule has 5 heteroatoms. The number of ether oxygens (including phenoxy) is 2. The van der Waals surface area contributed by atoms with Crippen molar-refractivity contribution in [1.29, 1.82) is 0 Å². The minimum Gasteiger partial charge on any atom is -0.382 e. The molecule has 0 aliphatic rings. The highest BCUT2D eigenvalue weighted by Crippen LogP contribution is 2.05. The van der Waals surface area contributed by atoms with Gasteiger partial charge in [-0.15, -0.1) is 0 Å². The molecule has 1 amide bonds. The Labute approximate surface area is 127 Å². The lowest BCUT2D eigenvalue weighted by atomic mass is 10.2. The van der Waals surface area contributed by atoms with Crippen molar-refractivity contribution in [3.8, 4) is 0 Å². The highest BCUT2D eigenvalue weighted by atomic mass is 16.5. The van der Waals surface area contributed by atoms with Crippen LogP contribution in [0.5, 0.6) is 0 Å². The first-order chi connectivity index (χ1) is 10.1. The van der Waals surface area contributed by atoms with Crippen molar-refractivity contribution in [2.75, 3.05) is 54.1 Å². The summed E-state index contributed by atoms with van der Waals surface area (Å²) in [6.07, 6.45) is 0. The average molecular weight is 294 g/mol. The molecule has 0 unspecified atom stereocenters. The summed E-state index contributed by atoms with van der Waals surface area (Å²) in [5.41, 5.74) is 1.13. The van der Waals surface area contributed by atoms with Crippen LogP contribution in [0.25, 0.3) is 0 Å². The van der Waals surface area contributed by atoms with Gasteiger partial charge in [-0.25, -0.2) is 0 Å². The maximum atomic E-state index is 12.3. The summed E-state index contributed by atoms with van der Waals surface area (Å²) in [6, 6.07) is 10.0. The number of hydrogen-bond donors (Lipinski definition) is 0. The van der Waals surface area contributed by atoms with Crippen molar-refractivity contribution in [3.63, 3.8) is 0 Å². The third-order valence-electron chi connectivity index (χ3n) is 3.04. The van der Waals surface area contributed by atoms with Gasteiger partial charge in [-0.1, -0.05) is 30.3 Å². The second kappa shape index (κ2) is 10.3. The van der Waals surface area contributed by atoms with E-state index in [4.69, 9.17) is 9.47 Å². The molecule has 5 nitrogen and oxygen atoms in total. The molecule has 0 radical (unpaired) electrons. The molecule has 0 atom stereocenters. The molecular formula is C16H26N2O3. The van der Waals surface area contributed by atoms with Crippen LogP contribution in [0.3, 0.4) is 0 Å². The van der Waals surface area contributed by atoms with E-state index in [2.05, 4.69) is 4.90 Å². The number of carbonyl (C=O) groups excluding carboxylic acids is 1. The molecule has 0 bridgehead atoms. The number of carbonyl (C=O) groups is 1. The number of rotatable bonds is 10. The largest absolute Gasteiger partial charge is 0.382 e. The lowest BCUT2D eigenvalue weighted by molar-refractivity contribution is -0.137. The fourth-order valence-electron chi connectivity index (χ4n) is 1.81. The number of methoxy groups -OCH3 is 1. The average Bonchev–Trinajstić information content (AvgIpc) is 2.48. The molecule has 0 heterocycles. The van der Waals surface area contributed by atoms with Crippen LogP contribution in [0.15, 0.2) is 30.3 Å². The summed E-state index contributed by atoms with van der Waals surface area (Å²) in [5.74, 6) is 0.0109. The van der Waals surface area contributed by atoms with Crippen molar-refractivity contribution >= 4 is 5.91 Å². The maximum absolute atomic E-state index is 12.3. The number of benzene rings is 1. The second-order valence-electron chi connectivity index (χ2n) is 5.15. The molecule has 0 saturated heterocycles. The Balaban J connectivity index is 2.52. The van der Waals surface area contributed by atoms with Crippen molar-refractivity contribution in [3.05, 3.63) is 35.9 Å².